The highest BCUT2D eigenvalue weighted by atomic mass is 79.9. The lowest BCUT2D eigenvalue weighted by atomic mass is 9.97. The van der Waals surface area contributed by atoms with E-state index < -0.39 is 10.0 Å². The van der Waals surface area contributed by atoms with Crippen LogP contribution in [0.4, 0.5) is 0 Å². The summed E-state index contributed by atoms with van der Waals surface area (Å²) in [5.41, 5.74) is 0.389. The molecule has 0 saturated heterocycles. The first-order chi connectivity index (χ1) is 9.52. The molecule has 0 bridgehead atoms. The minimum Gasteiger partial charge on any atom is -0.347 e. The van der Waals surface area contributed by atoms with Gasteiger partial charge >= 0.3 is 0 Å². The van der Waals surface area contributed by atoms with Gasteiger partial charge in [0.25, 0.3) is 5.91 Å². The second kappa shape index (κ2) is 5.37. The largest absolute Gasteiger partial charge is 0.347 e. The fraction of sp³-hybridized carbons (Fsp3) is 0.500. The highest BCUT2D eigenvalue weighted by Gasteiger charge is 2.39. The van der Waals surface area contributed by atoms with Crippen molar-refractivity contribution in [2.75, 3.05) is 0 Å². The number of carbonyl (C=O) groups excluding carboxylic acids is 1. The van der Waals surface area contributed by atoms with Crippen LogP contribution in [0.5, 0.6) is 0 Å². The molecule has 116 valence electrons. The number of amides is 1. The monoisotopic (exact) mass is 374 g/mol. The molecule has 0 atom stereocenters. The van der Waals surface area contributed by atoms with Crippen molar-refractivity contribution in [3.05, 3.63) is 27.7 Å². The third kappa shape index (κ3) is 3.64. The van der Waals surface area contributed by atoms with Crippen LogP contribution in [0.2, 0.25) is 0 Å². The van der Waals surface area contributed by atoms with Gasteiger partial charge in [-0.2, -0.15) is 0 Å². The van der Waals surface area contributed by atoms with Crippen molar-refractivity contribution in [2.45, 2.75) is 44.0 Å². The summed E-state index contributed by atoms with van der Waals surface area (Å²) in [7, 11) is -3.87. The van der Waals surface area contributed by atoms with Gasteiger partial charge in [0.05, 0.1) is 4.90 Å². The number of carbonyl (C=O) groups is 1. The van der Waals surface area contributed by atoms with E-state index in [-0.39, 0.29) is 16.3 Å². The maximum atomic E-state index is 12.5. The molecule has 0 aliphatic heterocycles. The first kappa shape index (κ1) is 16.5. The van der Waals surface area contributed by atoms with E-state index in [0.717, 1.165) is 12.8 Å². The summed E-state index contributed by atoms with van der Waals surface area (Å²) in [5.74, 6) is 0.197. The second-order valence-electron chi connectivity index (χ2n) is 6.07. The molecule has 1 fully saturated rings. The lowest BCUT2D eigenvalue weighted by Gasteiger charge is -2.26. The molecule has 0 unspecified atom stereocenters. The van der Waals surface area contributed by atoms with Crippen molar-refractivity contribution in [3.8, 4) is 0 Å². The van der Waals surface area contributed by atoms with Crippen LogP contribution in [-0.4, -0.2) is 19.9 Å². The van der Waals surface area contributed by atoms with Crippen LogP contribution in [0.25, 0.3) is 0 Å². The molecule has 1 aromatic rings. The summed E-state index contributed by atoms with van der Waals surface area (Å²) in [4.78, 5) is 12.4. The van der Waals surface area contributed by atoms with E-state index in [9.17, 15) is 13.2 Å². The Kier molecular flexibility index (Phi) is 4.21. The number of nitrogens with two attached hydrogens (primary N) is 1. The Bertz CT molecular complexity index is 694. The zero-order valence-electron chi connectivity index (χ0n) is 12.2. The Morgan fingerprint density at radius 1 is 1.38 bits per heavy atom. The number of halogens is 1. The molecule has 3 N–H and O–H groups in total. The van der Waals surface area contributed by atoms with Gasteiger partial charge in [-0.15, -0.1) is 0 Å². The molecule has 2 rings (SSSR count). The van der Waals surface area contributed by atoms with Crippen LogP contribution in [-0.2, 0) is 10.0 Å². The fourth-order valence-corrected chi connectivity index (χ4v) is 3.89. The molecule has 7 heteroatoms. The minimum atomic E-state index is -3.87. The molecule has 0 aromatic heterocycles. The smallest absolute Gasteiger partial charge is 0.252 e. The molecular weight excluding hydrogens is 356 g/mol. The molecule has 5 nitrogen and oxygen atoms in total. The third-order valence-corrected chi connectivity index (χ3v) is 5.40. The molecule has 1 aromatic carbocycles. The van der Waals surface area contributed by atoms with Crippen LogP contribution in [0.3, 0.4) is 0 Å². The van der Waals surface area contributed by atoms with Crippen molar-refractivity contribution in [3.63, 3.8) is 0 Å². The van der Waals surface area contributed by atoms with Crippen LogP contribution in [0.15, 0.2) is 21.5 Å². The number of hydrogen-bond acceptors (Lipinski definition) is 3. The lowest BCUT2D eigenvalue weighted by molar-refractivity contribution is 0.0902. The number of benzene rings is 1. The summed E-state index contributed by atoms with van der Waals surface area (Å²) in [6, 6.07) is 3.02. The van der Waals surface area contributed by atoms with Gasteiger partial charge in [-0.05, 0) is 57.2 Å². The van der Waals surface area contributed by atoms with Gasteiger partial charge in [0.2, 0.25) is 10.0 Å². The van der Waals surface area contributed by atoms with E-state index >= 15 is 0 Å². The maximum Gasteiger partial charge on any atom is 0.252 e. The van der Waals surface area contributed by atoms with E-state index in [1.165, 1.54) is 6.07 Å². The molecule has 1 amide bonds. The van der Waals surface area contributed by atoms with Crippen LogP contribution in [0.1, 0.15) is 42.6 Å². The van der Waals surface area contributed by atoms with E-state index in [1.807, 2.05) is 13.8 Å². The average Bonchev–Trinajstić information content (AvgIpc) is 3.13. The first-order valence-corrected chi connectivity index (χ1v) is 9.02. The number of sulfonamides is 1. The Morgan fingerprint density at radius 2 is 1.95 bits per heavy atom. The minimum absolute atomic E-state index is 0.0359. The highest BCUT2D eigenvalue weighted by molar-refractivity contribution is 9.10. The summed E-state index contributed by atoms with van der Waals surface area (Å²) in [5, 5.41) is 8.19. The molecule has 1 aliphatic rings. The molecule has 0 heterocycles. The van der Waals surface area contributed by atoms with Crippen molar-refractivity contribution in [1.82, 2.24) is 5.32 Å². The fourth-order valence-electron chi connectivity index (χ4n) is 2.45. The lowest BCUT2D eigenvalue weighted by Crippen LogP contribution is -2.45. The van der Waals surface area contributed by atoms with Gasteiger partial charge in [-0.25, -0.2) is 13.6 Å². The zero-order chi connectivity index (χ0) is 16.0. The highest BCUT2D eigenvalue weighted by Crippen LogP contribution is 2.39. The first-order valence-electron chi connectivity index (χ1n) is 6.68. The van der Waals surface area contributed by atoms with Crippen molar-refractivity contribution in [2.24, 2.45) is 11.1 Å². The molecule has 1 saturated carbocycles. The molecule has 0 radical (unpaired) electrons. The molecule has 0 spiro atoms. The molecule has 21 heavy (non-hydrogen) atoms. The standard InChI is InChI=1S/C14H19BrN2O3S/c1-8-11(6-10(15)7-12(8)21(16,19)20)13(18)17-14(2,3)9-4-5-9/h6-7,9H,4-5H2,1-3H3,(H,17,18)(H2,16,19,20). The Hall–Kier alpha value is -0.920. The van der Waals surface area contributed by atoms with Gasteiger partial charge < -0.3 is 5.32 Å². The summed E-state index contributed by atoms with van der Waals surface area (Å²) >= 11 is 3.23. The average molecular weight is 375 g/mol. The topological polar surface area (TPSA) is 89.3 Å². The van der Waals surface area contributed by atoms with E-state index in [2.05, 4.69) is 21.2 Å². The van der Waals surface area contributed by atoms with Crippen molar-refractivity contribution < 1.29 is 13.2 Å². The quantitative estimate of drug-likeness (QED) is 0.847. The third-order valence-electron chi connectivity index (χ3n) is 3.91. The Labute approximate surface area is 133 Å². The summed E-state index contributed by atoms with van der Waals surface area (Å²) in [6.45, 7) is 5.55. The summed E-state index contributed by atoms with van der Waals surface area (Å²) in [6.07, 6.45) is 2.21. The van der Waals surface area contributed by atoms with Gasteiger partial charge in [0, 0.05) is 15.6 Å². The maximum absolute atomic E-state index is 12.5. The van der Waals surface area contributed by atoms with Crippen LogP contribution in [0, 0.1) is 12.8 Å². The number of primary sulfonamides is 1. The number of hydrogen-bond donors (Lipinski definition) is 2. The van der Waals surface area contributed by atoms with Crippen molar-refractivity contribution >= 4 is 31.9 Å². The van der Waals surface area contributed by atoms with E-state index in [4.69, 9.17) is 5.14 Å². The van der Waals surface area contributed by atoms with Crippen LogP contribution < -0.4 is 10.5 Å². The summed E-state index contributed by atoms with van der Waals surface area (Å²) < 4.78 is 23.7. The zero-order valence-corrected chi connectivity index (χ0v) is 14.6. The Morgan fingerprint density at radius 3 is 2.43 bits per heavy atom. The van der Waals surface area contributed by atoms with Crippen molar-refractivity contribution in [1.29, 1.82) is 0 Å². The van der Waals surface area contributed by atoms with Gasteiger partial charge in [-0.3, -0.25) is 4.79 Å². The normalized spacial score (nSPS) is 15.9. The van der Waals surface area contributed by atoms with Crippen LogP contribution >= 0.6 is 15.9 Å². The second-order valence-corrected chi connectivity index (χ2v) is 8.52. The van der Waals surface area contributed by atoms with Gasteiger partial charge in [-0.1, -0.05) is 15.9 Å². The predicted molar refractivity (Wildman–Crippen MR) is 84.5 cm³/mol. The molecular formula is C14H19BrN2O3S. The number of rotatable bonds is 4. The van der Waals surface area contributed by atoms with Gasteiger partial charge in [0.15, 0.2) is 0 Å². The predicted octanol–water partition coefficient (Wildman–Crippen LogP) is 2.32. The number of nitrogens with one attached hydrogen (secondary N) is 1. The SMILES string of the molecule is Cc1c(C(=O)NC(C)(C)C2CC2)cc(Br)cc1S(N)(=O)=O. The van der Waals surface area contributed by atoms with E-state index in [1.54, 1.807) is 13.0 Å². The van der Waals surface area contributed by atoms with E-state index in [0.29, 0.717) is 21.5 Å². The Balaban J connectivity index is 2.39. The molecule has 1 aliphatic carbocycles. The van der Waals surface area contributed by atoms with Gasteiger partial charge in [0.1, 0.15) is 0 Å².